The average Bonchev–Trinajstić information content (AvgIpc) is 3.20. The zero-order valence-corrected chi connectivity index (χ0v) is 14.5. The molecule has 1 aromatic carbocycles. The fourth-order valence-corrected chi connectivity index (χ4v) is 3.39. The minimum Gasteiger partial charge on any atom is -0.495 e. The molecule has 1 atom stereocenters. The highest BCUT2D eigenvalue weighted by Gasteiger charge is 2.27. The van der Waals surface area contributed by atoms with Crippen molar-refractivity contribution >= 4 is 5.91 Å². The normalized spacial score (nSPS) is 17.3. The first-order valence-corrected chi connectivity index (χ1v) is 8.28. The molecule has 128 valence electrons. The number of aliphatic hydroxyl groups is 1. The number of likely N-dealkylation sites (tertiary alicyclic amines) is 1. The van der Waals surface area contributed by atoms with Gasteiger partial charge < -0.3 is 19.3 Å². The van der Waals surface area contributed by atoms with Gasteiger partial charge in [0.25, 0.3) is 5.91 Å². The van der Waals surface area contributed by atoms with Crippen LogP contribution >= 0.6 is 0 Å². The lowest BCUT2D eigenvalue weighted by Crippen LogP contribution is -2.29. The summed E-state index contributed by atoms with van der Waals surface area (Å²) in [6, 6.07) is 9.66. The third-order valence-corrected chi connectivity index (χ3v) is 4.77. The molecule has 1 aliphatic heterocycles. The molecule has 1 N–H and O–H groups in total. The van der Waals surface area contributed by atoms with Crippen LogP contribution in [0.2, 0.25) is 0 Å². The fourth-order valence-electron chi connectivity index (χ4n) is 3.39. The average molecular weight is 328 g/mol. The van der Waals surface area contributed by atoms with Crippen molar-refractivity contribution in [1.29, 1.82) is 0 Å². The summed E-state index contributed by atoms with van der Waals surface area (Å²) in [5.41, 5.74) is 3.71. The number of benzene rings is 1. The molecule has 5 nitrogen and oxygen atoms in total. The lowest BCUT2D eigenvalue weighted by Gasteiger charge is -2.19. The van der Waals surface area contributed by atoms with Crippen LogP contribution in [0, 0.1) is 19.8 Å². The van der Waals surface area contributed by atoms with E-state index in [-0.39, 0.29) is 18.4 Å². The summed E-state index contributed by atoms with van der Waals surface area (Å²) < 4.78 is 7.59. The quantitative estimate of drug-likeness (QED) is 0.938. The minimum absolute atomic E-state index is 0.0114. The third-order valence-electron chi connectivity index (χ3n) is 4.77. The Kier molecular flexibility index (Phi) is 4.62. The van der Waals surface area contributed by atoms with Crippen LogP contribution in [0.25, 0.3) is 5.69 Å². The zero-order valence-electron chi connectivity index (χ0n) is 14.5. The number of aryl methyl sites for hydroxylation is 2. The molecule has 3 rings (SSSR count). The monoisotopic (exact) mass is 328 g/mol. The Balaban J connectivity index is 1.97. The Bertz CT molecular complexity index is 732. The Morgan fingerprint density at radius 2 is 1.96 bits per heavy atom. The van der Waals surface area contributed by atoms with Gasteiger partial charge in [-0.05, 0) is 50.6 Å². The second kappa shape index (κ2) is 6.69. The van der Waals surface area contributed by atoms with E-state index >= 15 is 0 Å². The van der Waals surface area contributed by atoms with E-state index in [9.17, 15) is 9.90 Å². The van der Waals surface area contributed by atoms with E-state index in [1.54, 1.807) is 7.11 Å². The molecule has 0 aliphatic carbocycles. The molecule has 1 amide bonds. The topological polar surface area (TPSA) is 54.7 Å². The lowest BCUT2D eigenvalue weighted by molar-refractivity contribution is 0.0782. The van der Waals surface area contributed by atoms with E-state index in [1.807, 2.05) is 36.9 Å². The van der Waals surface area contributed by atoms with E-state index in [1.165, 1.54) is 0 Å². The number of rotatable bonds is 4. The van der Waals surface area contributed by atoms with Gasteiger partial charge in [0.15, 0.2) is 0 Å². The van der Waals surface area contributed by atoms with Gasteiger partial charge in [-0.1, -0.05) is 0 Å². The molecule has 1 unspecified atom stereocenters. The highest BCUT2D eigenvalue weighted by molar-refractivity contribution is 5.95. The van der Waals surface area contributed by atoms with Crippen LogP contribution in [-0.4, -0.2) is 47.3 Å². The smallest absolute Gasteiger partial charge is 0.253 e. The molecule has 2 aromatic rings. The van der Waals surface area contributed by atoms with Crippen molar-refractivity contribution in [2.24, 2.45) is 5.92 Å². The van der Waals surface area contributed by atoms with Gasteiger partial charge >= 0.3 is 0 Å². The predicted octanol–water partition coefficient (Wildman–Crippen LogP) is 2.56. The Morgan fingerprint density at radius 1 is 1.25 bits per heavy atom. The number of carbonyl (C=O) groups excluding carboxylic acids is 1. The Hall–Kier alpha value is -2.27. The van der Waals surface area contributed by atoms with Crippen molar-refractivity contribution in [3.8, 4) is 11.4 Å². The van der Waals surface area contributed by atoms with Gasteiger partial charge in [0.1, 0.15) is 5.75 Å². The molecule has 0 radical (unpaired) electrons. The Labute approximate surface area is 142 Å². The van der Waals surface area contributed by atoms with E-state index < -0.39 is 0 Å². The van der Waals surface area contributed by atoms with E-state index in [0.29, 0.717) is 18.7 Å². The van der Waals surface area contributed by atoms with Gasteiger partial charge in [-0.3, -0.25) is 4.79 Å². The highest BCUT2D eigenvalue weighted by atomic mass is 16.5. The van der Waals surface area contributed by atoms with Gasteiger partial charge in [0, 0.05) is 42.6 Å². The molecule has 0 spiro atoms. The number of methoxy groups -OCH3 is 1. The first kappa shape index (κ1) is 16.6. The number of nitrogens with zero attached hydrogens (tertiary/aromatic N) is 2. The molecule has 1 aromatic heterocycles. The van der Waals surface area contributed by atoms with E-state index in [0.717, 1.165) is 29.2 Å². The molecule has 1 saturated heterocycles. The van der Waals surface area contributed by atoms with Crippen molar-refractivity contribution in [2.45, 2.75) is 20.3 Å². The number of hydrogen-bond donors (Lipinski definition) is 1. The van der Waals surface area contributed by atoms with Crippen LogP contribution in [0.3, 0.4) is 0 Å². The van der Waals surface area contributed by atoms with Crippen molar-refractivity contribution in [2.75, 3.05) is 26.8 Å². The van der Waals surface area contributed by atoms with Gasteiger partial charge in [-0.2, -0.15) is 0 Å². The first-order valence-electron chi connectivity index (χ1n) is 8.28. The maximum absolute atomic E-state index is 12.8. The number of carbonyl (C=O) groups is 1. The van der Waals surface area contributed by atoms with Crippen molar-refractivity contribution in [1.82, 2.24) is 9.47 Å². The number of aromatic nitrogens is 1. The molecular weight excluding hydrogens is 304 g/mol. The van der Waals surface area contributed by atoms with Crippen LogP contribution in [-0.2, 0) is 0 Å². The van der Waals surface area contributed by atoms with Crippen LogP contribution in [0.1, 0.15) is 28.2 Å². The third kappa shape index (κ3) is 2.91. The number of ether oxygens (including phenoxy) is 1. The summed E-state index contributed by atoms with van der Waals surface area (Å²) in [6.07, 6.45) is 0.862. The number of aliphatic hydroxyl groups excluding tert-OH is 1. The van der Waals surface area contributed by atoms with Crippen molar-refractivity contribution in [3.05, 3.63) is 47.3 Å². The molecule has 0 saturated carbocycles. The number of amides is 1. The number of hydrogen-bond acceptors (Lipinski definition) is 3. The van der Waals surface area contributed by atoms with Crippen LogP contribution in [0.4, 0.5) is 0 Å². The zero-order chi connectivity index (χ0) is 17.3. The van der Waals surface area contributed by atoms with Crippen molar-refractivity contribution < 1.29 is 14.6 Å². The largest absolute Gasteiger partial charge is 0.495 e. The summed E-state index contributed by atoms with van der Waals surface area (Å²) >= 11 is 0. The van der Waals surface area contributed by atoms with Gasteiger partial charge in [0.05, 0.1) is 12.8 Å². The molecule has 1 aliphatic rings. The highest BCUT2D eigenvalue weighted by Crippen LogP contribution is 2.28. The van der Waals surface area contributed by atoms with Gasteiger partial charge in [-0.25, -0.2) is 0 Å². The lowest BCUT2D eigenvalue weighted by atomic mass is 10.1. The minimum atomic E-state index is 0.0114. The second-order valence-electron chi connectivity index (χ2n) is 6.43. The maximum Gasteiger partial charge on any atom is 0.253 e. The summed E-state index contributed by atoms with van der Waals surface area (Å²) in [6.45, 7) is 5.53. The Morgan fingerprint density at radius 3 is 2.54 bits per heavy atom. The SMILES string of the molecule is COc1ccc(C(=O)N2CCC(CO)C2)cc1-n1c(C)ccc1C. The fraction of sp³-hybridized carbons (Fsp3) is 0.421. The van der Waals surface area contributed by atoms with Crippen molar-refractivity contribution in [3.63, 3.8) is 0 Å². The molecule has 0 bridgehead atoms. The van der Waals surface area contributed by atoms with E-state index in [2.05, 4.69) is 16.7 Å². The molecular formula is C19H24N2O3. The summed E-state index contributed by atoms with van der Waals surface area (Å²) in [7, 11) is 1.64. The summed E-state index contributed by atoms with van der Waals surface area (Å²) in [4.78, 5) is 14.6. The first-order chi connectivity index (χ1) is 11.5. The molecule has 5 heteroatoms. The molecule has 2 heterocycles. The summed E-state index contributed by atoms with van der Waals surface area (Å²) in [5.74, 6) is 0.946. The summed E-state index contributed by atoms with van der Waals surface area (Å²) in [5, 5.41) is 9.28. The molecule has 24 heavy (non-hydrogen) atoms. The van der Waals surface area contributed by atoms with Gasteiger partial charge in [-0.15, -0.1) is 0 Å². The van der Waals surface area contributed by atoms with Gasteiger partial charge in [0.2, 0.25) is 0 Å². The van der Waals surface area contributed by atoms with E-state index in [4.69, 9.17) is 4.74 Å². The second-order valence-corrected chi connectivity index (χ2v) is 6.43. The van der Waals surface area contributed by atoms with Crippen LogP contribution < -0.4 is 4.74 Å². The standard InChI is InChI=1S/C19H24N2O3/c1-13-4-5-14(2)21(13)17-10-16(6-7-18(17)24-3)19(23)20-9-8-15(11-20)12-22/h4-7,10,15,22H,8-9,11-12H2,1-3H3. The van der Waals surface area contributed by atoms with Crippen LogP contribution in [0.5, 0.6) is 5.75 Å². The van der Waals surface area contributed by atoms with Crippen LogP contribution in [0.15, 0.2) is 30.3 Å². The predicted molar refractivity (Wildman–Crippen MR) is 92.9 cm³/mol. The molecule has 1 fully saturated rings. The maximum atomic E-state index is 12.8.